The molecule has 4 nitrogen and oxygen atoms in total. The van der Waals surface area contributed by atoms with E-state index in [0.29, 0.717) is 6.54 Å². The Labute approximate surface area is 103 Å². The van der Waals surface area contributed by atoms with Crippen molar-refractivity contribution >= 4 is 5.91 Å². The quantitative estimate of drug-likeness (QED) is 0.797. The lowest BCUT2D eigenvalue weighted by Gasteiger charge is -2.28. The van der Waals surface area contributed by atoms with Gasteiger partial charge >= 0.3 is 0 Å². The summed E-state index contributed by atoms with van der Waals surface area (Å²) in [4.78, 5) is 11.8. The summed E-state index contributed by atoms with van der Waals surface area (Å²) < 4.78 is 5.15. The van der Waals surface area contributed by atoms with Crippen LogP contribution in [0.3, 0.4) is 0 Å². The van der Waals surface area contributed by atoms with Gasteiger partial charge in [0.15, 0.2) is 0 Å². The van der Waals surface area contributed by atoms with E-state index in [4.69, 9.17) is 4.42 Å². The van der Waals surface area contributed by atoms with Crippen LogP contribution in [0, 0.1) is 0 Å². The van der Waals surface area contributed by atoms with Gasteiger partial charge in [-0.15, -0.1) is 0 Å². The average Bonchev–Trinajstić information content (AvgIpc) is 2.78. The summed E-state index contributed by atoms with van der Waals surface area (Å²) in [6.45, 7) is 8.58. The molecule has 96 valence electrons. The van der Waals surface area contributed by atoms with Crippen LogP contribution in [0.15, 0.2) is 22.8 Å². The predicted molar refractivity (Wildman–Crippen MR) is 67.5 cm³/mol. The molecule has 2 N–H and O–H groups in total. The molecule has 1 amide bonds. The number of carbonyl (C=O) groups is 1. The van der Waals surface area contributed by atoms with E-state index in [1.54, 1.807) is 6.26 Å². The van der Waals surface area contributed by atoms with Crippen LogP contribution in [0.5, 0.6) is 0 Å². The monoisotopic (exact) mass is 238 g/mol. The van der Waals surface area contributed by atoms with E-state index in [0.717, 1.165) is 12.2 Å². The molecule has 1 heterocycles. The molecule has 0 saturated heterocycles. The number of furan rings is 1. The molecule has 0 radical (unpaired) electrons. The molecule has 1 rings (SSSR count). The van der Waals surface area contributed by atoms with E-state index >= 15 is 0 Å². The molecule has 1 aromatic heterocycles. The van der Waals surface area contributed by atoms with Crippen LogP contribution in [0.1, 0.15) is 39.9 Å². The molecule has 4 heteroatoms. The van der Waals surface area contributed by atoms with E-state index in [2.05, 4.69) is 31.4 Å². The Bertz CT molecular complexity index is 344. The van der Waals surface area contributed by atoms with Gasteiger partial charge in [0.05, 0.1) is 18.8 Å². The van der Waals surface area contributed by atoms with Gasteiger partial charge in [-0.25, -0.2) is 0 Å². The lowest BCUT2D eigenvalue weighted by Crippen LogP contribution is -2.51. The highest BCUT2D eigenvalue weighted by Crippen LogP contribution is 2.08. The zero-order valence-corrected chi connectivity index (χ0v) is 11.0. The molecule has 1 unspecified atom stereocenters. The number of nitrogens with one attached hydrogen (secondary N) is 2. The first-order valence-corrected chi connectivity index (χ1v) is 6.02. The van der Waals surface area contributed by atoms with Crippen molar-refractivity contribution in [3.05, 3.63) is 24.2 Å². The van der Waals surface area contributed by atoms with E-state index in [1.165, 1.54) is 0 Å². The minimum Gasteiger partial charge on any atom is -0.467 e. The highest BCUT2D eigenvalue weighted by atomic mass is 16.3. The fourth-order valence-electron chi connectivity index (χ4n) is 1.49. The van der Waals surface area contributed by atoms with Crippen molar-refractivity contribution in [3.63, 3.8) is 0 Å². The number of hydrogen-bond acceptors (Lipinski definition) is 3. The molecule has 0 spiro atoms. The summed E-state index contributed by atoms with van der Waals surface area (Å²) >= 11 is 0. The molecule has 1 atom stereocenters. The van der Waals surface area contributed by atoms with Gasteiger partial charge in [-0.1, -0.05) is 6.92 Å². The standard InChI is InChI=1S/C13H22N2O2/c1-5-13(3,4)15-10(2)12(16)14-9-11-7-6-8-17-11/h6-8,10,15H,5,9H2,1-4H3,(H,14,16). The topological polar surface area (TPSA) is 54.3 Å². The van der Waals surface area contributed by atoms with E-state index < -0.39 is 0 Å². The van der Waals surface area contributed by atoms with Gasteiger partial charge in [0.1, 0.15) is 5.76 Å². The largest absolute Gasteiger partial charge is 0.467 e. The van der Waals surface area contributed by atoms with Gasteiger partial charge in [0.2, 0.25) is 5.91 Å². The zero-order chi connectivity index (χ0) is 12.9. The molecule has 0 aliphatic heterocycles. The predicted octanol–water partition coefficient (Wildman–Crippen LogP) is 2.06. The SMILES string of the molecule is CCC(C)(C)NC(C)C(=O)NCc1ccco1. The second-order valence-electron chi connectivity index (χ2n) is 4.90. The lowest BCUT2D eigenvalue weighted by atomic mass is 10.0. The molecule has 17 heavy (non-hydrogen) atoms. The summed E-state index contributed by atoms with van der Waals surface area (Å²) in [5.74, 6) is 0.753. The maximum absolute atomic E-state index is 11.8. The van der Waals surface area contributed by atoms with Crippen molar-refractivity contribution in [2.45, 2.75) is 52.2 Å². The molecular weight excluding hydrogens is 216 g/mol. The number of carbonyl (C=O) groups excluding carboxylic acids is 1. The highest BCUT2D eigenvalue weighted by Gasteiger charge is 2.21. The maximum atomic E-state index is 11.8. The Morgan fingerprint density at radius 1 is 1.53 bits per heavy atom. The normalized spacial score (nSPS) is 13.4. The minimum absolute atomic E-state index is 0.0112. The van der Waals surface area contributed by atoms with E-state index in [-0.39, 0.29) is 17.5 Å². The minimum atomic E-state index is -0.208. The Hall–Kier alpha value is -1.29. The van der Waals surface area contributed by atoms with E-state index in [9.17, 15) is 4.79 Å². The van der Waals surface area contributed by atoms with Crippen LogP contribution in [-0.2, 0) is 11.3 Å². The molecule has 0 aliphatic rings. The number of rotatable bonds is 6. The van der Waals surface area contributed by atoms with Crippen LogP contribution >= 0.6 is 0 Å². The Morgan fingerprint density at radius 3 is 2.76 bits per heavy atom. The molecular formula is C13H22N2O2. The molecule has 0 aromatic carbocycles. The summed E-state index contributed by atoms with van der Waals surface area (Å²) in [5, 5.41) is 6.13. The summed E-state index contributed by atoms with van der Waals surface area (Å²) in [6, 6.07) is 3.44. The van der Waals surface area contributed by atoms with Crippen LogP contribution < -0.4 is 10.6 Å². The summed E-state index contributed by atoms with van der Waals surface area (Å²) in [5.41, 5.74) is -0.0264. The maximum Gasteiger partial charge on any atom is 0.237 e. The van der Waals surface area contributed by atoms with Crippen molar-refractivity contribution < 1.29 is 9.21 Å². The van der Waals surface area contributed by atoms with Crippen molar-refractivity contribution in [2.24, 2.45) is 0 Å². The Morgan fingerprint density at radius 2 is 2.24 bits per heavy atom. The first-order chi connectivity index (χ1) is 7.94. The molecule has 0 fully saturated rings. The Kier molecular flexibility index (Phi) is 4.75. The third-order valence-electron chi connectivity index (χ3n) is 2.90. The van der Waals surface area contributed by atoms with Crippen molar-refractivity contribution in [3.8, 4) is 0 Å². The van der Waals surface area contributed by atoms with E-state index in [1.807, 2.05) is 19.1 Å². The van der Waals surface area contributed by atoms with Crippen molar-refractivity contribution in [1.82, 2.24) is 10.6 Å². The first kappa shape index (κ1) is 13.8. The molecule has 1 aromatic rings. The zero-order valence-electron chi connectivity index (χ0n) is 11.0. The van der Waals surface area contributed by atoms with Gasteiger partial charge in [-0.3, -0.25) is 4.79 Å². The molecule has 0 aliphatic carbocycles. The number of hydrogen-bond donors (Lipinski definition) is 2. The summed E-state index contributed by atoms with van der Waals surface area (Å²) in [7, 11) is 0. The number of amides is 1. The first-order valence-electron chi connectivity index (χ1n) is 6.02. The highest BCUT2D eigenvalue weighted by molar-refractivity contribution is 5.81. The van der Waals surface area contributed by atoms with Gasteiger partial charge < -0.3 is 15.1 Å². The average molecular weight is 238 g/mol. The van der Waals surface area contributed by atoms with Crippen molar-refractivity contribution in [1.29, 1.82) is 0 Å². The van der Waals surface area contributed by atoms with Gasteiger partial charge in [-0.2, -0.15) is 0 Å². The second kappa shape index (κ2) is 5.87. The van der Waals surface area contributed by atoms with Crippen LogP contribution in [0.2, 0.25) is 0 Å². The third-order valence-corrected chi connectivity index (χ3v) is 2.90. The third kappa shape index (κ3) is 4.61. The lowest BCUT2D eigenvalue weighted by molar-refractivity contribution is -0.123. The molecule has 0 saturated carbocycles. The Balaban J connectivity index is 2.37. The van der Waals surface area contributed by atoms with Gasteiger partial charge in [-0.05, 0) is 39.3 Å². The smallest absolute Gasteiger partial charge is 0.237 e. The van der Waals surface area contributed by atoms with Crippen molar-refractivity contribution in [2.75, 3.05) is 0 Å². The van der Waals surface area contributed by atoms with Gasteiger partial charge in [0.25, 0.3) is 0 Å². The molecule has 0 bridgehead atoms. The van der Waals surface area contributed by atoms with Crippen LogP contribution in [0.4, 0.5) is 0 Å². The van der Waals surface area contributed by atoms with Crippen LogP contribution in [0.25, 0.3) is 0 Å². The van der Waals surface area contributed by atoms with Gasteiger partial charge in [0, 0.05) is 5.54 Å². The fourth-order valence-corrected chi connectivity index (χ4v) is 1.49. The van der Waals surface area contributed by atoms with Crippen LogP contribution in [-0.4, -0.2) is 17.5 Å². The summed E-state index contributed by atoms with van der Waals surface area (Å²) in [6.07, 6.45) is 2.58. The fraction of sp³-hybridized carbons (Fsp3) is 0.615. The second-order valence-corrected chi connectivity index (χ2v) is 4.90.